The largest absolute Gasteiger partial charge is 0.446 e. The third kappa shape index (κ3) is 3.73. The Morgan fingerprint density at radius 3 is 2.64 bits per heavy atom. The molecule has 0 aliphatic carbocycles. The first-order valence-electron chi connectivity index (χ1n) is 8.70. The van der Waals surface area contributed by atoms with Crippen molar-refractivity contribution in [3.8, 4) is 0 Å². The van der Waals surface area contributed by atoms with Crippen molar-refractivity contribution in [2.75, 3.05) is 6.61 Å². The van der Waals surface area contributed by atoms with Crippen LogP contribution in [0.15, 0.2) is 54.6 Å². The van der Waals surface area contributed by atoms with Crippen LogP contribution in [-0.4, -0.2) is 23.5 Å². The van der Waals surface area contributed by atoms with Gasteiger partial charge in [0.2, 0.25) is 5.91 Å². The number of amides is 2. The minimum atomic E-state index is -0.544. The number of ether oxygens (including phenoxy) is 1. The van der Waals surface area contributed by atoms with Gasteiger partial charge < -0.3 is 4.74 Å². The zero-order valence-corrected chi connectivity index (χ0v) is 14.6. The quantitative estimate of drug-likeness (QED) is 0.801. The van der Waals surface area contributed by atoms with Crippen LogP contribution < -0.4 is 0 Å². The molecule has 1 fully saturated rings. The molecule has 1 aliphatic heterocycles. The fourth-order valence-electron chi connectivity index (χ4n) is 3.35. The molecule has 2 atom stereocenters. The van der Waals surface area contributed by atoms with Crippen LogP contribution in [0, 0.1) is 6.92 Å². The Balaban J connectivity index is 1.79. The van der Waals surface area contributed by atoms with E-state index in [0.29, 0.717) is 6.42 Å². The fourth-order valence-corrected chi connectivity index (χ4v) is 3.35. The molecule has 2 aromatic rings. The van der Waals surface area contributed by atoms with Gasteiger partial charge in [-0.25, -0.2) is 9.69 Å². The number of nitrogens with zero attached hydrogens (tertiary/aromatic N) is 1. The number of hydrogen-bond acceptors (Lipinski definition) is 3. The zero-order valence-electron chi connectivity index (χ0n) is 14.6. The summed E-state index contributed by atoms with van der Waals surface area (Å²) in [7, 11) is 0. The van der Waals surface area contributed by atoms with Crippen LogP contribution in [0.25, 0.3) is 0 Å². The van der Waals surface area contributed by atoms with E-state index in [1.54, 1.807) is 0 Å². The van der Waals surface area contributed by atoms with Gasteiger partial charge in [0.15, 0.2) is 0 Å². The van der Waals surface area contributed by atoms with Crippen LogP contribution in [0.3, 0.4) is 0 Å². The lowest BCUT2D eigenvalue weighted by molar-refractivity contribution is -0.129. The summed E-state index contributed by atoms with van der Waals surface area (Å²) in [6, 6.07) is 17.4. The van der Waals surface area contributed by atoms with Gasteiger partial charge in [-0.05, 0) is 30.4 Å². The van der Waals surface area contributed by atoms with E-state index in [4.69, 9.17) is 4.74 Å². The highest BCUT2D eigenvalue weighted by molar-refractivity contribution is 5.94. The molecule has 1 aliphatic rings. The summed E-state index contributed by atoms with van der Waals surface area (Å²) in [5, 5.41) is 0. The van der Waals surface area contributed by atoms with E-state index in [2.05, 4.69) is 13.0 Å². The van der Waals surface area contributed by atoms with Crippen LogP contribution >= 0.6 is 0 Å². The summed E-state index contributed by atoms with van der Waals surface area (Å²) in [5.41, 5.74) is 3.23. The van der Waals surface area contributed by atoms with Crippen molar-refractivity contribution in [2.45, 2.75) is 38.6 Å². The second-order valence-electron chi connectivity index (χ2n) is 6.49. The molecule has 0 radical (unpaired) electrons. The molecule has 2 amide bonds. The molecule has 0 unspecified atom stereocenters. The highest BCUT2D eigenvalue weighted by atomic mass is 16.6. The smallest absolute Gasteiger partial charge is 0.417 e. The van der Waals surface area contributed by atoms with Gasteiger partial charge in [-0.1, -0.05) is 67.1 Å². The zero-order chi connectivity index (χ0) is 17.8. The van der Waals surface area contributed by atoms with Gasteiger partial charge in [-0.3, -0.25) is 4.79 Å². The summed E-state index contributed by atoms with van der Waals surface area (Å²) in [4.78, 5) is 26.3. The molecule has 0 bridgehead atoms. The molecule has 4 nitrogen and oxygen atoms in total. The number of carbonyl (C=O) groups is 2. The summed E-state index contributed by atoms with van der Waals surface area (Å²) >= 11 is 0. The van der Waals surface area contributed by atoms with E-state index in [1.807, 2.05) is 55.5 Å². The summed E-state index contributed by atoms with van der Waals surface area (Å²) in [6.07, 6.45) is 0.602. The fraction of sp³-hybridized carbons (Fsp3) is 0.333. The summed E-state index contributed by atoms with van der Waals surface area (Å²) < 4.78 is 5.16. The van der Waals surface area contributed by atoms with Gasteiger partial charge in [0.1, 0.15) is 12.6 Å². The Labute approximate surface area is 148 Å². The molecule has 130 valence electrons. The number of hydrogen-bond donors (Lipinski definition) is 0. The Hall–Kier alpha value is -2.62. The highest BCUT2D eigenvalue weighted by Gasteiger charge is 2.39. The van der Waals surface area contributed by atoms with Gasteiger partial charge in [0.25, 0.3) is 0 Å². The number of aryl methyl sites for hydroxylation is 1. The minimum Gasteiger partial charge on any atom is -0.446 e. The van der Waals surface area contributed by atoms with Gasteiger partial charge in [-0.2, -0.15) is 0 Å². The second-order valence-corrected chi connectivity index (χ2v) is 6.49. The van der Waals surface area contributed by atoms with Crippen molar-refractivity contribution in [1.82, 2.24) is 4.90 Å². The highest BCUT2D eigenvalue weighted by Crippen LogP contribution is 2.31. The van der Waals surface area contributed by atoms with E-state index < -0.39 is 6.09 Å². The van der Waals surface area contributed by atoms with Crippen LogP contribution in [-0.2, 0) is 9.53 Å². The van der Waals surface area contributed by atoms with E-state index in [-0.39, 0.29) is 24.5 Å². The molecule has 4 heteroatoms. The number of rotatable bonds is 5. The lowest BCUT2D eigenvalue weighted by atomic mass is 9.91. The summed E-state index contributed by atoms with van der Waals surface area (Å²) in [6.45, 7) is 4.33. The van der Waals surface area contributed by atoms with Crippen molar-refractivity contribution < 1.29 is 14.3 Å². The number of cyclic esters (lactones) is 1. The molecule has 0 saturated carbocycles. The van der Waals surface area contributed by atoms with E-state index >= 15 is 0 Å². The number of benzene rings is 2. The topological polar surface area (TPSA) is 46.6 Å². The monoisotopic (exact) mass is 337 g/mol. The maximum Gasteiger partial charge on any atom is 0.417 e. The maximum atomic E-state index is 12.9. The van der Waals surface area contributed by atoms with Gasteiger partial charge >= 0.3 is 6.09 Å². The van der Waals surface area contributed by atoms with Crippen molar-refractivity contribution >= 4 is 12.0 Å². The van der Waals surface area contributed by atoms with E-state index in [9.17, 15) is 9.59 Å². The van der Waals surface area contributed by atoms with Crippen molar-refractivity contribution in [3.63, 3.8) is 0 Å². The third-order valence-corrected chi connectivity index (χ3v) is 4.75. The number of imide groups is 1. The van der Waals surface area contributed by atoms with Gasteiger partial charge in [0, 0.05) is 6.42 Å². The van der Waals surface area contributed by atoms with Crippen molar-refractivity contribution in [3.05, 3.63) is 71.3 Å². The van der Waals surface area contributed by atoms with Crippen LogP contribution in [0.4, 0.5) is 4.79 Å². The SMILES string of the molecule is CC[C@H](CC(=O)N1C(=O)OC[C@H]1c1ccccc1)c1cccc(C)c1. The predicted molar refractivity (Wildman–Crippen MR) is 96.2 cm³/mol. The summed E-state index contributed by atoms with van der Waals surface area (Å²) in [5.74, 6) is -0.0815. The van der Waals surface area contributed by atoms with E-state index in [1.165, 1.54) is 10.5 Å². The first-order chi connectivity index (χ1) is 12.1. The van der Waals surface area contributed by atoms with Crippen LogP contribution in [0.5, 0.6) is 0 Å². The second kappa shape index (κ2) is 7.51. The maximum absolute atomic E-state index is 12.9. The molecular formula is C21H23NO3. The molecule has 0 aromatic heterocycles. The first-order valence-corrected chi connectivity index (χ1v) is 8.70. The molecule has 0 N–H and O–H groups in total. The van der Waals surface area contributed by atoms with Crippen LogP contribution in [0.2, 0.25) is 0 Å². The van der Waals surface area contributed by atoms with Gasteiger partial charge in [0.05, 0.1) is 0 Å². The molecular weight excluding hydrogens is 314 g/mol. The molecule has 3 rings (SSSR count). The Morgan fingerprint density at radius 2 is 1.96 bits per heavy atom. The Bertz CT molecular complexity index is 757. The molecule has 2 aromatic carbocycles. The minimum absolute atomic E-state index is 0.0947. The molecule has 1 heterocycles. The Kier molecular flexibility index (Phi) is 5.17. The van der Waals surface area contributed by atoms with E-state index in [0.717, 1.165) is 17.5 Å². The Morgan fingerprint density at radius 1 is 1.20 bits per heavy atom. The first kappa shape index (κ1) is 17.2. The lowest BCUT2D eigenvalue weighted by Gasteiger charge is -2.23. The normalized spacial score (nSPS) is 18.1. The predicted octanol–water partition coefficient (Wildman–Crippen LogP) is 4.60. The van der Waals surface area contributed by atoms with Crippen molar-refractivity contribution in [1.29, 1.82) is 0 Å². The molecule has 1 saturated heterocycles. The average molecular weight is 337 g/mol. The molecule has 0 spiro atoms. The third-order valence-electron chi connectivity index (χ3n) is 4.75. The molecule has 25 heavy (non-hydrogen) atoms. The van der Waals surface area contributed by atoms with Gasteiger partial charge in [-0.15, -0.1) is 0 Å². The van der Waals surface area contributed by atoms with Crippen molar-refractivity contribution in [2.24, 2.45) is 0 Å². The van der Waals surface area contributed by atoms with Crippen LogP contribution in [0.1, 0.15) is 48.4 Å². The average Bonchev–Trinajstić information content (AvgIpc) is 3.02. The standard InChI is InChI=1S/C21H23NO3/c1-3-16(18-11-7-8-15(2)12-18)13-20(23)22-19(14-25-21(22)24)17-9-5-4-6-10-17/h4-12,16,19H,3,13-14H2,1-2H3/t16-,19+/m1/s1. The lowest BCUT2D eigenvalue weighted by Crippen LogP contribution is -2.35. The number of carbonyl (C=O) groups excluding carboxylic acids is 2.